The van der Waals surface area contributed by atoms with Gasteiger partial charge in [-0.1, -0.05) is 11.6 Å². The number of hydrogen-bond acceptors (Lipinski definition) is 4. The summed E-state index contributed by atoms with van der Waals surface area (Å²) in [5.74, 6) is 0.769. The lowest BCUT2D eigenvalue weighted by atomic mass is 10.2. The average molecular weight is 257 g/mol. The minimum absolute atomic E-state index is 0.0388. The molecule has 0 spiro atoms. The van der Waals surface area contributed by atoms with E-state index in [-0.39, 0.29) is 18.8 Å². The Labute approximate surface area is 106 Å². The molecule has 2 atom stereocenters. The van der Waals surface area contributed by atoms with E-state index in [0.717, 1.165) is 24.5 Å². The minimum Gasteiger partial charge on any atom is -0.392 e. The Balaban J connectivity index is 2.21. The minimum atomic E-state index is -0.0388. The summed E-state index contributed by atoms with van der Waals surface area (Å²) < 4.78 is 5.67. The molecule has 1 aliphatic heterocycles. The van der Waals surface area contributed by atoms with Gasteiger partial charge in [0.1, 0.15) is 5.82 Å². The zero-order valence-corrected chi connectivity index (χ0v) is 10.8. The van der Waals surface area contributed by atoms with Gasteiger partial charge in [-0.15, -0.1) is 0 Å². The zero-order valence-electron chi connectivity index (χ0n) is 10.1. The van der Waals surface area contributed by atoms with E-state index in [0.29, 0.717) is 5.02 Å². The number of rotatable bonds is 2. The van der Waals surface area contributed by atoms with Crippen molar-refractivity contribution in [2.24, 2.45) is 0 Å². The van der Waals surface area contributed by atoms with E-state index < -0.39 is 0 Å². The third kappa shape index (κ3) is 2.89. The van der Waals surface area contributed by atoms with E-state index in [4.69, 9.17) is 21.4 Å². The Morgan fingerprint density at radius 1 is 1.47 bits per heavy atom. The van der Waals surface area contributed by atoms with Crippen molar-refractivity contribution in [3.05, 3.63) is 22.8 Å². The van der Waals surface area contributed by atoms with Crippen LogP contribution in [0, 0.1) is 0 Å². The molecule has 94 valence electrons. The highest BCUT2D eigenvalue weighted by Crippen LogP contribution is 2.26. The molecule has 17 heavy (non-hydrogen) atoms. The predicted octanol–water partition coefficient (Wildman–Crippen LogP) is 1.84. The van der Waals surface area contributed by atoms with Crippen LogP contribution >= 0.6 is 11.6 Å². The standard InChI is InChI=1S/C12H17ClN2O2/c1-8-5-15(6-9(2)17-8)12-11(13)3-10(7-16)4-14-12/h3-4,8-9,16H,5-7H2,1-2H3/t8-,9+. The van der Waals surface area contributed by atoms with Gasteiger partial charge in [-0.2, -0.15) is 0 Å². The fourth-order valence-corrected chi connectivity index (χ4v) is 2.45. The van der Waals surface area contributed by atoms with Gasteiger partial charge in [-0.25, -0.2) is 4.98 Å². The van der Waals surface area contributed by atoms with Gasteiger partial charge in [0, 0.05) is 19.3 Å². The van der Waals surface area contributed by atoms with Gasteiger partial charge in [0.15, 0.2) is 0 Å². The Hall–Kier alpha value is -0.840. The number of nitrogens with zero attached hydrogens (tertiary/aromatic N) is 2. The van der Waals surface area contributed by atoms with Crippen molar-refractivity contribution in [2.75, 3.05) is 18.0 Å². The van der Waals surface area contributed by atoms with Gasteiger partial charge >= 0.3 is 0 Å². The van der Waals surface area contributed by atoms with Crippen molar-refractivity contribution in [3.63, 3.8) is 0 Å². The second-order valence-corrected chi connectivity index (χ2v) is 4.88. The molecule has 0 aromatic carbocycles. The molecule has 1 aromatic rings. The molecule has 1 aliphatic rings. The number of ether oxygens (including phenoxy) is 1. The number of hydrogen-bond donors (Lipinski definition) is 1. The molecule has 0 saturated carbocycles. The van der Waals surface area contributed by atoms with E-state index in [1.165, 1.54) is 0 Å². The van der Waals surface area contributed by atoms with Crippen molar-refractivity contribution in [1.29, 1.82) is 0 Å². The molecule has 0 aliphatic carbocycles. The molecular formula is C12H17ClN2O2. The third-order valence-electron chi connectivity index (χ3n) is 2.78. The first-order valence-electron chi connectivity index (χ1n) is 5.76. The Morgan fingerprint density at radius 2 is 2.12 bits per heavy atom. The first kappa shape index (κ1) is 12.6. The molecule has 0 amide bonds. The molecule has 1 N–H and O–H groups in total. The van der Waals surface area contributed by atoms with Gasteiger partial charge in [0.05, 0.1) is 23.8 Å². The van der Waals surface area contributed by atoms with Crippen LogP contribution in [0.3, 0.4) is 0 Å². The average Bonchev–Trinajstić information content (AvgIpc) is 2.27. The highest BCUT2D eigenvalue weighted by molar-refractivity contribution is 6.33. The number of anilines is 1. The van der Waals surface area contributed by atoms with Crippen LogP contribution in [-0.4, -0.2) is 35.4 Å². The fraction of sp³-hybridized carbons (Fsp3) is 0.583. The van der Waals surface area contributed by atoms with Crippen LogP contribution in [0.2, 0.25) is 5.02 Å². The maximum atomic E-state index is 9.02. The fourth-order valence-electron chi connectivity index (χ4n) is 2.14. The summed E-state index contributed by atoms with van der Waals surface area (Å²) in [6.45, 7) is 5.62. The second-order valence-electron chi connectivity index (χ2n) is 4.47. The van der Waals surface area contributed by atoms with Crippen molar-refractivity contribution in [3.8, 4) is 0 Å². The molecular weight excluding hydrogens is 240 g/mol. The van der Waals surface area contributed by atoms with Crippen LogP contribution in [0.4, 0.5) is 5.82 Å². The van der Waals surface area contributed by atoms with Gasteiger partial charge in [0.2, 0.25) is 0 Å². The SMILES string of the molecule is C[C@@H]1CN(c2ncc(CO)cc2Cl)C[C@H](C)O1. The molecule has 4 nitrogen and oxygen atoms in total. The van der Waals surface area contributed by atoms with Crippen LogP contribution in [0.5, 0.6) is 0 Å². The number of aromatic nitrogens is 1. The van der Waals surface area contributed by atoms with E-state index in [1.54, 1.807) is 12.3 Å². The molecule has 0 unspecified atom stereocenters. The van der Waals surface area contributed by atoms with Crippen LogP contribution in [0.15, 0.2) is 12.3 Å². The van der Waals surface area contributed by atoms with E-state index in [2.05, 4.69) is 9.88 Å². The maximum Gasteiger partial charge on any atom is 0.147 e. The lowest BCUT2D eigenvalue weighted by Crippen LogP contribution is -2.46. The summed E-state index contributed by atoms with van der Waals surface area (Å²) in [5, 5.41) is 9.60. The van der Waals surface area contributed by atoms with Crippen molar-refractivity contribution >= 4 is 17.4 Å². The molecule has 1 fully saturated rings. The first-order valence-corrected chi connectivity index (χ1v) is 6.13. The molecule has 2 heterocycles. The summed E-state index contributed by atoms with van der Waals surface area (Å²) >= 11 is 6.18. The van der Waals surface area contributed by atoms with Crippen LogP contribution in [-0.2, 0) is 11.3 Å². The van der Waals surface area contributed by atoms with Gasteiger partial charge < -0.3 is 14.7 Å². The number of halogens is 1. The number of aliphatic hydroxyl groups excluding tert-OH is 1. The molecule has 2 rings (SSSR count). The van der Waals surface area contributed by atoms with Crippen molar-refractivity contribution in [2.45, 2.75) is 32.7 Å². The zero-order chi connectivity index (χ0) is 12.4. The quantitative estimate of drug-likeness (QED) is 0.877. The third-order valence-corrected chi connectivity index (χ3v) is 3.06. The Morgan fingerprint density at radius 3 is 2.65 bits per heavy atom. The van der Waals surface area contributed by atoms with E-state index >= 15 is 0 Å². The number of pyridine rings is 1. The van der Waals surface area contributed by atoms with Crippen LogP contribution in [0.25, 0.3) is 0 Å². The summed E-state index contributed by atoms with van der Waals surface area (Å²) in [4.78, 5) is 6.45. The lowest BCUT2D eigenvalue weighted by Gasteiger charge is -2.36. The highest BCUT2D eigenvalue weighted by atomic mass is 35.5. The molecule has 1 saturated heterocycles. The van der Waals surface area contributed by atoms with Crippen LogP contribution < -0.4 is 4.90 Å². The summed E-state index contributed by atoms with van der Waals surface area (Å²) in [5.41, 5.74) is 0.730. The molecule has 0 radical (unpaired) electrons. The first-order chi connectivity index (χ1) is 8.10. The number of morpholine rings is 1. The van der Waals surface area contributed by atoms with Crippen molar-refractivity contribution < 1.29 is 9.84 Å². The van der Waals surface area contributed by atoms with Crippen molar-refractivity contribution in [1.82, 2.24) is 4.98 Å². The lowest BCUT2D eigenvalue weighted by molar-refractivity contribution is -0.00545. The maximum absolute atomic E-state index is 9.02. The molecule has 1 aromatic heterocycles. The van der Waals surface area contributed by atoms with E-state index in [9.17, 15) is 0 Å². The summed E-state index contributed by atoms with van der Waals surface area (Å²) in [6.07, 6.45) is 2.01. The monoisotopic (exact) mass is 256 g/mol. The van der Waals surface area contributed by atoms with Crippen LogP contribution in [0.1, 0.15) is 19.4 Å². The Bertz CT molecular complexity index is 390. The van der Waals surface area contributed by atoms with Gasteiger partial charge in [-0.05, 0) is 25.5 Å². The largest absolute Gasteiger partial charge is 0.392 e. The van der Waals surface area contributed by atoms with E-state index in [1.807, 2.05) is 13.8 Å². The molecule has 5 heteroatoms. The Kier molecular flexibility index (Phi) is 3.86. The summed E-state index contributed by atoms with van der Waals surface area (Å²) in [6, 6.07) is 1.76. The predicted molar refractivity (Wildman–Crippen MR) is 67.4 cm³/mol. The van der Waals surface area contributed by atoms with Gasteiger partial charge in [0.25, 0.3) is 0 Å². The summed E-state index contributed by atoms with van der Waals surface area (Å²) in [7, 11) is 0. The second kappa shape index (κ2) is 5.21. The highest BCUT2D eigenvalue weighted by Gasteiger charge is 2.24. The number of aliphatic hydroxyl groups is 1. The van der Waals surface area contributed by atoms with Gasteiger partial charge in [-0.3, -0.25) is 0 Å². The normalized spacial score (nSPS) is 25.1. The topological polar surface area (TPSA) is 45.6 Å². The molecule has 0 bridgehead atoms. The smallest absolute Gasteiger partial charge is 0.147 e.